The lowest BCUT2D eigenvalue weighted by Gasteiger charge is -2.01. The Morgan fingerprint density at radius 1 is 0.913 bits per heavy atom. The van der Waals surface area contributed by atoms with Crippen molar-refractivity contribution in [3.8, 4) is 11.1 Å². The normalized spacial score (nSPS) is 9.96. The van der Waals surface area contributed by atoms with Gasteiger partial charge in [-0.25, -0.2) is 0 Å². The van der Waals surface area contributed by atoms with Crippen molar-refractivity contribution in [1.29, 1.82) is 0 Å². The summed E-state index contributed by atoms with van der Waals surface area (Å²) in [5.41, 5.74) is 2.94. The number of pyridine rings is 2. The fraction of sp³-hybridized carbons (Fsp3) is 0.0556. The second-order valence-corrected chi connectivity index (χ2v) is 5.84. The van der Waals surface area contributed by atoms with Gasteiger partial charge < -0.3 is 0 Å². The van der Waals surface area contributed by atoms with Gasteiger partial charge >= 0.3 is 0 Å². The maximum absolute atomic E-state index is 12.2. The van der Waals surface area contributed by atoms with Gasteiger partial charge in [-0.2, -0.15) is 4.57 Å². The minimum absolute atomic E-state index is 0. The molecule has 0 spiro atoms. The Balaban J connectivity index is 0.00000192. The van der Waals surface area contributed by atoms with Gasteiger partial charge in [0.15, 0.2) is 12.4 Å². The standard InChI is InChI=1S/C18H14BrN2O.BrH/c19-17-3-1-16(2-4-17)18(22)13-21-11-7-15(8-12-21)14-5-9-20-10-6-14;/h1-12H,13H2;1H/q+1;. The molecule has 2 aromatic heterocycles. The van der Waals surface area contributed by atoms with Crippen LogP contribution in [0.1, 0.15) is 10.4 Å². The van der Waals surface area contributed by atoms with E-state index in [-0.39, 0.29) is 22.8 Å². The Morgan fingerprint density at radius 2 is 1.48 bits per heavy atom. The Bertz CT molecular complexity index is 772. The molecule has 0 radical (unpaired) electrons. The van der Waals surface area contributed by atoms with Crippen molar-refractivity contribution in [2.45, 2.75) is 6.54 Å². The fourth-order valence-corrected chi connectivity index (χ4v) is 2.46. The molecule has 0 saturated heterocycles. The first-order valence-electron chi connectivity index (χ1n) is 6.91. The zero-order chi connectivity index (χ0) is 15.4. The summed E-state index contributed by atoms with van der Waals surface area (Å²) >= 11 is 3.37. The average molecular weight is 435 g/mol. The second kappa shape index (κ2) is 8.13. The van der Waals surface area contributed by atoms with Gasteiger partial charge in [-0.1, -0.05) is 28.1 Å². The van der Waals surface area contributed by atoms with E-state index in [1.54, 1.807) is 12.4 Å². The highest BCUT2D eigenvalue weighted by molar-refractivity contribution is 9.10. The van der Waals surface area contributed by atoms with Crippen LogP contribution in [0.4, 0.5) is 0 Å². The summed E-state index contributed by atoms with van der Waals surface area (Å²) in [4.78, 5) is 16.3. The molecule has 0 atom stereocenters. The summed E-state index contributed by atoms with van der Waals surface area (Å²) in [7, 11) is 0. The first-order valence-corrected chi connectivity index (χ1v) is 7.70. The van der Waals surface area contributed by atoms with Crippen LogP contribution >= 0.6 is 32.9 Å². The molecule has 3 rings (SSSR count). The van der Waals surface area contributed by atoms with Crippen LogP contribution < -0.4 is 4.57 Å². The summed E-state index contributed by atoms with van der Waals surface area (Å²) in [6.07, 6.45) is 7.39. The zero-order valence-corrected chi connectivity index (χ0v) is 15.5. The molecule has 23 heavy (non-hydrogen) atoms. The van der Waals surface area contributed by atoms with E-state index in [9.17, 15) is 4.79 Å². The monoisotopic (exact) mass is 433 g/mol. The van der Waals surface area contributed by atoms with E-state index in [4.69, 9.17) is 0 Å². The number of rotatable bonds is 4. The van der Waals surface area contributed by atoms with Crippen molar-refractivity contribution < 1.29 is 9.36 Å². The molecule has 2 heterocycles. The highest BCUT2D eigenvalue weighted by Gasteiger charge is 2.12. The molecule has 1 aromatic carbocycles. The molecule has 3 nitrogen and oxygen atoms in total. The number of Topliss-reactive ketones (excluding diaryl/α,β-unsaturated/α-hetero) is 1. The van der Waals surface area contributed by atoms with E-state index in [0.29, 0.717) is 12.1 Å². The molecular formula is C18H15Br2N2O+. The third kappa shape index (κ3) is 4.56. The lowest BCUT2D eigenvalue weighted by molar-refractivity contribution is -0.683. The van der Waals surface area contributed by atoms with E-state index in [1.165, 1.54) is 0 Å². The smallest absolute Gasteiger partial charge is 0.227 e. The molecule has 116 valence electrons. The Morgan fingerprint density at radius 3 is 2.09 bits per heavy atom. The minimum atomic E-state index is 0. The molecule has 0 unspecified atom stereocenters. The second-order valence-electron chi connectivity index (χ2n) is 4.93. The van der Waals surface area contributed by atoms with Gasteiger partial charge in [0.05, 0.1) is 0 Å². The number of ketones is 1. The number of carbonyl (C=O) groups excluding carboxylic acids is 1. The molecule has 0 N–H and O–H groups in total. The van der Waals surface area contributed by atoms with Crippen LogP contribution in [-0.2, 0) is 6.54 Å². The van der Waals surface area contributed by atoms with E-state index in [1.807, 2.05) is 65.5 Å². The highest BCUT2D eigenvalue weighted by Crippen LogP contribution is 2.16. The fourth-order valence-electron chi connectivity index (χ4n) is 2.19. The van der Waals surface area contributed by atoms with Gasteiger partial charge in [0.25, 0.3) is 0 Å². The van der Waals surface area contributed by atoms with E-state index < -0.39 is 0 Å². The van der Waals surface area contributed by atoms with Crippen LogP contribution in [0.3, 0.4) is 0 Å². The quantitative estimate of drug-likeness (QED) is 0.454. The van der Waals surface area contributed by atoms with Crippen molar-refractivity contribution >= 4 is 38.7 Å². The van der Waals surface area contributed by atoms with Crippen molar-refractivity contribution in [2.75, 3.05) is 0 Å². The number of hydrogen-bond donors (Lipinski definition) is 0. The van der Waals surface area contributed by atoms with E-state index >= 15 is 0 Å². The molecule has 0 amide bonds. The van der Waals surface area contributed by atoms with Gasteiger partial charge in [0.2, 0.25) is 12.3 Å². The molecule has 0 fully saturated rings. The maximum Gasteiger partial charge on any atom is 0.227 e. The lowest BCUT2D eigenvalue weighted by Crippen LogP contribution is -2.37. The van der Waals surface area contributed by atoms with Gasteiger partial charge in [0.1, 0.15) is 0 Å². The van der Waals surface area contributed by atoms with Crippen LogP contribution in [0.25, 0.3) is 11.1 Å². The largest absolute Gasteiger partial charge is 0.287 e. The third-order valence-corrected chi connectivity index (χ3v) is 3.93. The van der Waals surface area contributed by atoms with Crippen molar-refractivity contribution in [3.63, 3.8) is 0 Å². The average Bonchev–Trinajstić information content (AvgIpc) is 2.57. The van der Waals surface area contributed by atoms with Crippen LogP contribution in [0.15, 0.2) is 77.8 Å². The lowest BCUT2D eigenvalue weighted by atomic mass is 10.1. The predicted octanol–water partition coefficient (Wildman–Crippen LogP) is 4.26. The van der Waals surface area contributed by atoms with Gasteiger partial charge in [0, 0.05) is 34.6 Å². The first kappa shape index (κ1) is 17.5. The number of aromatic nitrogens is 2. The van der Waals surface area contributed by atoms with Crippen LogP contribution in [0.2, 0.25) is 0 Å². The summed E-state index contributed by atoms with van der Waals surface area (Å²) in [5, 5.41) is 0. The molecule has 0 saturated carbocycles. The van der Waals surface area contributed by atoms with Crippen LogP contribution in [-0.4, -0.2) is 10.8 Å². The molecule has 0 aliphatic heterocycles. The SMILES string of the molecule is Br.O=C(C[n+]1ccc(-c2ccncc2)cc1)c1ccc(Br)cc1. The van der Waals surface area contributed by atoms with Crippen molar-refractivity contribution in [1.82, 2.24) is 4.98 Å². The van der Waals surface area contributed by atoms with Crippen LogP contribution in [0, 0.1) is 0 Å². The predicted molar refractivity (Wildman–Crippen MR) is 98.7 cm³/mol. The Kier molecular flexibility index (Phi) is 6.19. The Hall–Kier alpha value is -1.85. The number of benzene rings is 1. The van der Waals surface area contributed by atoms with Gasteiger partial charge in [-0.3, -0.25) is 9.78 Å². The number of carbonyl (C=O) groups is 1. The van der Waals surface area contributed by atoms with Crippen molar-refractivity contribution in [2.24, 2.45) is 0 Å². The summed E-state index contributed by atoms with van der Waals surface area (Å²) in [6, 6.07) is 15.4. The van der Waals surface area contributed by atoms with E-state index in [0.717, 1.165) is 15.6 Å². The molecule has 0 bridgehead atoms. The molecular weight excluding hydrogens is 420 g/mol. The summed E-state index contributed by atoms with van der Waals surface area (Å²) < 4.78 is 2.85. The summed E-state index contributed by atoms with van der Waals surface area (Å²) in [6.45, 7) is 0.332. The maximum atomic E-state index is 12.2. The minimum Gasteiger partial charge on any atom is -0.287 e. The van der Waals surface area contributed by atoms with Gasteiger partial charge in [-0.05, 0) is 35.4 Å². The molecule has 3 aromatic rings. The van der Waals surface area contributed by atoms with Crippen molar-refractivity contribution in [3.05, 3.63) is 83.4 Å². The first-order chi connectivity index (χ1) is 10.7. The molecule has 5 heteroatoms. The number of halogens is 2. The third-order valence-electron chi connectivity index (χ3n) is 3.40. The highest BCUT2D eigenvalue weighted by atomic mass is 79.9. The van der Waals surface area contributed by atoms with Crippen LogP contribution in [0.5, 0.6) is 0 Å². The zero-order valence-electron chi connectivity index (χ0n) is 12.2. The Labute approximate surface area is 153 Å². The van der Waals surface area contributed by atoms with E-state index in [2.05, 4.69) is 20.9 Å². The molecule has 0 aliphatic rings. The number of hydrogen-bond acceptors (Lipinski definition) is 2. The summed E-state index contributed by atoms with van der Waals surface area (Å²) in [5.74, 6) is 0.0918. The topological polar surface area (TPSA) is 33.8 Å². The number of nitrogens with zero attached hydrogens (tertiary/aromatic N) is 2. The molecule has 0 aliphatic carbocycles. The van der Waals surface area contributed by atoms with Gasteiger partial charge in [-0.15, -0.1) is 17.0 Å².